The summed E-state index contributed by atoms with van der Waals surface area (Å²) in [5.41, 5.74) is 9.07. The van der Waals surface area contributed by atoms with Crippen molar-refractivity contribution in [1.29, 1.82) is 0 Å². The summed E-state index contributed by atoms with van der Waals surface area (Å²) < 4.78 is 1.15. The molecule has 1 fully saturated rings. The fourth-order valence-corrected chi connectivity index (χ4v) is 4.41. The Morgan fingerprint density at radius 2 is 1.85 bits per heavy atom. The number of aromatic nitrogens is 3. The highest BCUT2D eigenvalue weighted by atomic mass is 32.1. The van der Waals surface area contributed by atoms with Crippen molar-refractivity contribution in [2.45, 2.75) is 51.5 Å². The van der Waals surface area contributed by atoms with Gasteiger partial charge in [0.2, 0.25) is 0 Å². The molecule has 2 heterocycles. The lowest BCUT2D eigenvalue weighted by Crippen LogP contribution is -2.20. The van der Waals surface area contributed by atoms with E-state index in [2.05, 4.69) is 44.6 Å². The molecule has 136 valence electrons. The molecule has 0 saturated heterocycles. The van der Waals surface area contributed by atoms with E-state index in [4.69, 9.17) is 5.73 Å². The van der Waals surface area contributed by atoms with Crippen molar-refractivity contribution in [3.63, 3.8) is 0 Å². The smallest absolute Gasteiger partial charge is 0.189 e. The van der Waals surface area contributed by atoms with Crippen molar-refractivity contribution in [3.8, 4) is 0 Å². The van der Waals surface area contributed by atoms with Crippen molar-refractivity contribution >= 4 is 44.0 Å². The van der Waals surface area contributed by atoms with Gasteiger partial charge in [0.25, 0.3) is 0 Å². The van der Waals surface area contributed by atoms with Crippen molar-refractivity contribution in [2.24, 2.45) is 0 Å². The lowest BCUT2D eigenvalue weighted by atomic mass is 10.1. The zero-order chi connectivity index (χ0) is 17.9. The predicted octanol–water partition coefficient (Wildman–Crippen LogP) is 4.86. The SMILES string of the molecule is Cc1cccc2sc(Nc3ncnc(NC4CCCCCC4)c3N)nc12. The summed E-state index contributed by atoms with van der Waals surface area (Å²) in [7, 11) is 0. The number of anilines is 4. The molecule has 0 atom stereocenters. The maximum absolute atomic E-state index is 6.34. The van der Waals surface area contributed by atoms with Crippen LogP contribution in [0.2, 0.25) is 0 Å². The second-order valence-corrected chi connectivity index (χ2v) is 7.91. The summed E-state index contributed by atoms with van der Waals surface area (Å²) >= 11 is 1.60. The highest BCUT2D eigenvalue weighted by Crippen LogP contribution is 2.33. The first-order valence-electron chi connectivity index (χ1n) is 9.21. The Balaban J connectivity index is 1.55. The quantitative estimate of drug-likeness (QED) is 0.570. The number of para-hydroxylation sites is 1. The van der Waals surface area contributed by atoms with Crippen molar-refractivity contribution in [1.82, 2.24) is 15.0 Å². The lowest BCUT2D eigenvalue weighted by Gasteiger charge is -2.18. The molecule has 6 nitrogen and oxygen atoms in total. The minimum Gasteiger partial charge on any atom is -0.393 e. The minimum atomic E-state index is 0.438. The number of fused-ring (bicyclic) bond motifs is 1. The van der Waals surface area contributed by atoms with Gasteiger partial charge in [0.05, 0.1) is 10.2 Å². The van der Waals surface area contributed by atoms with Gasteiger partial charge in [-0.2, -0.15) is 0 Å². The standard InChI is InChI=1S/C19H24N6S/c1-12-7-6-10-14-16(12)24-19(26-14)25-18-15(20)17(21-11-22-18)23-13-8-4-2-3-5-9-13/h6-7,10-11,13H,2-5,8-9,20H2,1H3,(H2,21,22,23,24,25). The fourth-order valence-electron chi connectivity index (χ4n) is 3.47. The van der Waals surface area contributed by atoms with Gasteiger partial charge >= 0.3 is 0 Å². The van der Waals surface area contributed by atoms with Gasteiger partial charge in [-0.25, -0.2) is 15.0 Å². The van der Waals surface area contributed by atoms with Gasteiger partial charge in [-0.3, -0.25) is 0 Å². The van der Waals surface area contributed by atoms with E-state index in [1.165, 1.54) is 38.5 Å². The van der Waals surface area contributed by atoms with E-state index >= 15 is 0 Å². The number of benzene rings is 1. The van der Waals surface area contributed by atoms with Gasteiger partial charge in [0.15, 0.2) is 16.8 Å². The second kappa shape index (κ2) is 7.45. The number of nitrogens with two attached hydrogens (primary N) is 1. The van der Waals surface area contributed by atoms with Crippen LogP contribution in [0.4, 0.5) is 22.5 Å². The highest BCUT2D eigenvalue weighted by molar-refractivity contribution is 7.22. The maximum atomic E-state index is 6.34. The Bertz CT molecular complexity index is 898. The first-order chi connectivity index (χ1) is 12.7. The molecule has 1 aromatic carbocycles. The number of thiazole rings is 1. The van der Waals surface area contributed by atoms with Gasteiger partial charge < -0.3 is 16.4 Å². The minimum absolute atomic E-state index is 0.438. The van der Waals surface area contributed by atoms with Crippen LogP contribution in [0.5, 0.6) is 0 Å². The Hall–Kier alpha value is -2.41. The molecule has 4 rings (SSSR count). The van der Waals surface area contributed by atoms with E-state index < -0.39 is 0 Å². The van der Waals surface area contributed by atoms with E-state index in [-0.39, 0.29) is 0 Å². The summed E-state index contributed by atoms with van der Waals surface area (Å²) in [6.07, 6.45) is 9.06. The van der Waals surface area contributed by atoms with Crippen LogP contribution in [0, 0.1) is 6.92 Å². The van der Waals surface area contributed by atoms with Gasteiger partial charge in [-0.05, 0) is 31.4 Å². The Morgan fingerprint density at radius 1 is 1.08 bits per heavy atom. The molecule has 0 bridgehead atoms. The zero-order valence-corrected chi connectivity index (χ0v) is 15.8. The molecule has 1 aliphatic rings. The number of aryl methyl sites for hydroxylation is 1. The van der Waals surface area contributed by atoms with Crippen LogP contribution >= 0.6 is 11.3 Å². The average Bonchev–Trinajstić information content (AvgIpc) is 2.87. The van der Waals surface area contributed by atoms with Crippen LogP contribution in [0.3, 0.4) is 0 Å². The number of nitrogen functional groups attached to an aromatic ring is 1. The van der Waals surface area contributed by atoms with Crippen molar-refractivity contribution in [2.75, 3.05) is 16.4 Å². The first kappa shape index (κ1) is 17.0. The third kappa shape index (κ3) is 3.58. The largest absolute Gasteiger partial charge is 0.393 e. The number of rotatable bonds is 4. The average molecular weight is 369 g/mol. The Labute approximate surface area is 157 Å². The normalized spacial score (nSPS) is 15.7. The van der Waals surface area contributed by atoms with Gasteiger partial charge in [0.1, 0.15) is 12.0 Å². The van der Waals surface area contributed by atoms with Crippen LogP contribution in [0.25, 0.3) is 10.2 Å². The zero-order valence-electron chi connectivity index (χ0n) is 15.0. The monoisotopic (exact) mass is 368 g/mol. The van der Waals surface area contributed by atoms with Crippen LogP contribution in [-0.2, 0) is 0 Å². The molecule has 0 radical (unpaired) electrons. The molecule has 1 aliphatic carbocycles. The van der Waals surface area contributed by atoms with E-state index in [0.29, 0.717) is 23.4 Å². The van der Waals surface area contributed by atoms with Crippen molar-refractivity contribution in [3.05, 3.63) is 30.1 Å². The molecular weight excluding hydrogens is 344 g/mol. The van der Waals surface area contributed by atoms with Crippen LogP contribution in [-0.4, -0.2) is 21.0 Å². The van der Waals surface area contributed by atoms with Gasteiger partial charge in [-0.15, -0.1) is 0 Å². The van der Waals surface area contributed by atoms with E-state index in [0.717, 1.165) is 20.9 Å². The topological polar surface area (TPSA) is 88.8 Å². The number of nitrogens with one attached hydrogen (secondary N) is 2. The molecule has 0 spiro atoms. The molecule has 2 aromatic heterocycles. The van der Waals surface area contributed by atoms with Gasteiger partial charge in [0, 0.05) is 6.04 Å². The molecule has 3 aromatic rings. The molecule has 4 N–H and O–H groups in total. The van der Waals surface area contributed by atoms with E-state index in [1.807, 2.05) is 6.07 Å². The molecule has 7 heteroatoms. The number of nitrogens with zero attached hydrogens (tertiary/aromatic N) is 3. The van der Waals surface area contributed by atoms with Gasteiger partial charge in [-0.1, -0.05) is 49.2 Å². The van der Waals surface area contributed by atoms with E-state index in [9.17, 15) is 0 Å². The molecule has 0 aliphatic heterocycles. The maximum Gasteiger partial charge on any atom is 0.189 e. The van der Waals surface area contributed by atoms with Crippen LogP contribution in [0.15, 0.2) is 24.5 Å². The summed E-state index contributed by atoms with van der Waals surface area (Å²) in [5, 5.41) is 7.58. The molecule has 0 amide bonds. The third-order valence-electron chi connectivity index (χ3n) is 4.93. The summed E-state index contributed by atoms with van der Waals surface area (Å²) in [5.74, 6) is 1.32. The fraction of sp³-hybridized carbons (Fsp3) is 0.421. The molecular formula is C19H24N6S. The Kier molecular flexibility index (Phi) is 4.88. The molecule has 26 heavy (non-hydrogen) atoms. The number of hydrogen-bond acceptors (Lipinski definition) is 7. The van der Waals surface area contributed by atoms with Crippen LogP contribution in [0.1, 0.15) is 44.1 Å². The third-order valence-corrected chi connectivity index (χ3v) is 5.86. The first-order valence-corrected chi connectivity index (χ1v) is 10.0. The Morgan fingerprint density at radius 3 is 2.62 bits per heavy atom. The predicted molar refractivity (Wildman–Crippen MR) is 109 cm³/mol. The summed E-state index contributed by atoms with van der Waals surface area (Å²) in [4.78, 5) is 13.4. The lowest BCUT2D eigenvalue weighted by molar-refractivity contribution is 0.618. The van der Waals surface area contributed by atoms with Crippen LogP contribution < -0.4 is 16.4 Å². The molecule has 1 saturated carbocycles. The van der Waals surface area contributed by atoms with E-state index in [1.54, 1.807) is 17.7 Å². The number of hydrogen-bond donors (Lipinski definition) is 3. The summed E-state index contributed by atoms with van der Waals surface area (Å²) in [6.45, 7) is 2.07. The second-order valence-electron chi connectivity index (χ2n) is 6.88. The summed E-state index contributed by atoms with van der Waals surface area (Å²) in [6, 6.07) is 6.63. The molecule has 0 unspecified atom stereocenters. The van der Waals surface area contributed by atoms with Crippen molar-refractivity contribution < 1.29 is 0 Å². The highest BCUT2D eigenvalue weighted by Gasteiger charge is 2.16.